The molecular weight excluding hydrogens is 244 g/mol. The van der Waals surface area contributed by atoms with Crippen molar-refractivity contribution in [2.75, 3.05) is 26.7 Å². The van der Waals surface area contributed by atoms with Gasteiger partial charge in [-0.3, -0.25) is 9.69 Å². The smallest absolute Gasteiger partial charge is 0.323 e. The van der Waals surface area contributed by atoms with Crippen LogP contribution in [0, 0.1) is 0 Å². The number of hydrogen-bond donors (Lipinski definition) is 2. The van der Waals surface area contributed by atoms with Crippen molar-refractivity contribution in [3.8, 4) is 0 Å². The first-order valence-electron chi connectivity index (χ1n) is 7.35. The number of ether oxygens (including phenoxy) is 1. The minimum Gasteiger partial charge on any atom is -0.480 e. The fourth-order valence-corrected chi connectivity index (χ4v) is 3.16. The molecule has 0 aromatic rings. The van der Waals surface area contributed by atoms with E-state index in [0.29, 0.717) is 18.6 Å². The van der Waals surface area contributed by atoms with Crippen molar-refractivity contribution in [2.45, 2.75) is 56.7 Å². The zero-order chi connectivity index (χ0) is 13.9. The number of hydrogen-bond acceptors (Lipinski definition) is 4. The largest absolute Gasteiger partial charge is 0.480 e. The average Bonchev–Trinajstić information content (AvgIpc) is 2.44. The van der Waals surface area contributed by atoms with Crippen LogP contribution in [0.5, 0.6) is 0 Å². The van der Waals surface area contributed by atoms with Crippen LogP contribution in [0.2, 0.25) is 0 Å². The first-order valence-corrected chi connectivity index (χ1v) is 7.35. The highest BCUT2D eigenvalue weighted by Crippen LogP contribution is 2.29. The molecule has 2 rings (SSSR count). The van der Waals surface area contributed by atoms with E-state index in [9.17, 15) is 9.90 Å². The van der Waals surface area contributed by atoms with E-state index in [2.05, 4.69) is 10.2 Å². The average molecular weight is 270 g/mol. The quantitative estimate of drug-likeness (QED) is 0.783. The summed E-state index contributed by atoms with van der Waals surface area (Å²) in [5, 5.41) is 12.2. The molecule has 5 heteroatoms. The van der Waals surface area contributed by atoms with Crippen LogP contribution in [0.1, 0.15) is 39.0 Å². The Hall–Kier alpha value is -0.650. The molecule has 1 saturated carbocycles. The second-order valence-corrected chi connectivity index (χ2v) is 5.93. The molecule has 0 bridgehead atoms. The second kappa shape index (κ2) is 6.20. The van der Waals surface area contributed by atoms with Gasteiger partial charge in [0.25, 0.3) is 0 Å². The van der Waals surface area contributed by atoms with Gasteiger partial charge in [0, 0.05) is 19.1 Å². The molecule has 110 valence electrons. The number of likely N-dealkylation sites (N-methyl/N-ethyl adjacent to an activating group) is 1. The van der Waals surface area contributed by atoms with Gasteiger partial charge in [-0.05, 0) is 33.2 Å². The number of aliphatic carboxylic acids is 1. The molecule has 0 spiro atoms. The normalized spacial score (nSPS) is 31.5. The lowest BCUT2D eigenvalue weighted by atomic mass is 9.89. The first-order chi connectivity index (χ1) is 9.07. The Labute approximate surface area is 115 Å². The van der Waals surface area contributed by atoms with Gasteiger partial charge in [0.2, 0.25) is 0 Å². The molecule has 0 amide bonds. The highest BCUT2D eigenvalue weighted by atomic mass is 16.5. The van der Waals surface area contributed by atoms with Crippen molar-refractivity contribution in [3.63, 3.8) is 0 Å². The van der Waals surface area contributed by atoms with E-state index in [1.165, 1.54) is 19.3 Å². The fraction of sp³-hybridized carbons (Fsp3) is 0.929. The molecule has 2 N–H and O–H groups in total. The molecule has 1 aliphatic carbocycles. The fourth-order valence-electron chi connectivity index (χ4n) is 3.16. The minimum atomic E-state index is -0.831. The molecule has 5 nitrogen and oxygen atoms in total. The summed E-state index contributed by atoms with van der Waals surface area (Å²) in [6.07, 6.45) is 5.87. The zero-order valence-electron chi connectivity index (χ0n) is 12.0. The van der Waals surface area contributed by atoms with E-state index in [4.69, 9.17) is 4.74 Å². The minimum absolute atomic E-state index is 0.369. The lowest BCUT2D eigenvalue weighted by Gasteiger charge is -2.44. The third kappa shape index (κ3) is 3.27. The van der Waals surface area contributed by atoms with Crippen molar-refractivity contribution >= 4 is 5.97 Å². The Morgan fingerprint density at radius 3 is 2.89 bits per heavy atom. The molecule has 2 aliphatic rings. The molecule has 1 saturated heterocycles. The van der Waals surface area contributed by atoms with Crippen molar-refractivity contribution in [3.05, 3.63) is 0 Å². The molecule has 1 aliphatic heterocycles. The molecular formula is C14H26N2O3. The van der Waals surface area contributed by atoms with E-state index in [0.717, 1.165) is 26.1 Å². The predicted octanol–water partition coefficient (Wildman–Crippen LogP) is 1.08. The van der Waals surface area contributed by atoms with Crippen LogP contribution in [0.15, 0.2) is 0 Å². The highest BCUT2D eigenvalue weighted by molar-refractivity contribution is 5.78. The molecule has 3 atom stereocenters. The first kappa shape index (κ1) is 14.8. The summed E-state index contributed by atoms with van der Waals surface area (Å²) < 4.78 is 5.84. The van der Waals surface area contributed by atoms with E-state index < -0.39 is 11.5 Å². The van der Waals surface area contributed by atoms with Gasteiger partial charge in [0.05, 0.1) is 12.7 Å². The summed E-state index contributed by atoms with van der Waals surface area (Å²) in [5.41, 5.74) is -0.831. The van der Waals surface area contributed by atoms with E-state index in [-0.39, 0.29) is 0 Å². The number of rotatable bonds is 5. The van der Waals surface area contributed by atoms with Crippen LogP contribution in [0.25, 0.3) is 0 Å². The summed E-state index contributed by atoms with van der Waals surface area (Å²) in [7, 11) is 1.72. The number of carboxylic acid groups (broad SMARTS) is 1. The van der Waals surface area contributed by atoms with Crippen LogP contribution >= 0.6 is 0 Å². The van der Waals surface area contributed by atoms with Gasteiger partial charge in [-0.2, -0.15) is 0 Å². The van der Waals surface area contributed by atoms with Gasteiger partial charge in [-0.15, -0.1) is 0 Å². The van der Waals surface area contributed by atoms with E-state index >= 15 is 0 Å². The lowest BCUT2D eigenvalue weighted by molar-refractivity contribution is -0.145. The van der Waals surface area contributed by atoms with E-state index in [1.54, 1.807) is 14.0 Å². The van der Waals surface area contributed by atoms with Crippen LogP contribution < -0.4 is 5.32 Å². The van der Waals surface area contributed by atoms with Gasteiger partial charge < -0.3 is 15.2 Å². The van der Waals surface area contributed by atoms with Gasteiger partial charge >= 0.3 is 5.97 Å². The van der Waals surface area contributed by atoms with Gasteiger partial charge in [-0.1, -0.05) is 12.8 Å². The number of fused-ring (bicyclic) bond motifs is 1. The molecule has 3 unspecified atom stereocenters. The summed E-state index contributed by atoms with van der Waals surface area (Å²) >= 11 is 0. The Morgan fingerprint density at radius 2 is 2.21 bits per heavy atom. The van der Waals surface area contributed by atoms with Crippen LogP contribution in [-0.2, 0) is 9.53 Å². The Morgan fingerprint density at radius 1 is 1.47 bits per heavy atom. The maximum atomic E-state index is 11.3. The second-order valence-electron chi connectivity index (χ2n) is 5.93. The highest BCUT2D eigenvalue weighted by Gasteiger charge is 2.37. The number of nitrogens with zero attached hydrogens (tertiary/aromatic N) is 1. The Bertz CT molecular complexity index is 322. The standard InChI is InChI=1S/C14H26N2O3/c1-14(15-2,13(17)18)7-8-16-9-10-19-12-6-4-3-5-11(12)16/h11-12,15H,3-10H2,1-2H3,(H,17,18). The summed E-state index contributed by atoms with van der Waals surface area (Å²) in [4.78, 5) is 13.7. The number of nitrogens with one attached hydrogen (secondary N) is 1. The zero-order valence-corrected chi connectivity index (χ0v) is 12.0. The van der Waals surface area contributed by atoms with Crippen LogP contribution in [0.4, 0.5) is 0 Å². The van der Waals surface area contributed by atoms with Gasteiger partial charge in [0.1, 0.15) is 5.54 Å². The van der Waals surface area contributed by atoms with Crippen LogP contribution in [-0.4, -0.2) is 60.4 Å². The summed E-state index contributed by atoms with van der Waals surface area (Å²) in [5.74, 6) is -0.775. The monoisotopic (exact) mass is 270 g/mol. The van der Waals surface area contributed by atoms with Crippen molar-refractivity contribution < 1.29 is 14.6 Å². The molecule has 0 radical (unpaired) electrons. The number of carboxylic acids is 1. The van der Waals surface area contributed by atoms with Gasteiger partial charge in [0.15, 0.2) is 0 Å². The third-order valence-corrected chi connectivity index (χ3v) is 4.77. The van der Waals surface area contributed by atoms with Crippen molar-refractivity contribution in [1.82, 2.24) is 10.2 Å². The summed E-state index contributed by atoms with van der Waals surface area (Å²) in [6, 6.07) is 0.498. The van der Waals surface area contributed by atoms with Crippen molar-refractivity contribution in [2.24, 2.45) is 0 Å². The Balaban J connectivity index is 1.92. The maximum absolute atomic E-state index is 11.3. The van der Waals surface area contributed by atoms with Crippen LogP contribution in [0.3, 0.4) is 0 Å². The van der Waals surface area contributed by atoms with Gasteiger partial charge in [-0.25, -0.2) is 0 Å². The topological polar surface area (TPSA) is 61.8 Å². The number of carbonyl (C=O) groups is 1. The third-order valence-electron chi connectivity index (χ3n) is 4.77. The predicted molar refractivity (Wildman–Crippen MR) is 73.3 cm³/mol. The Kier molecular flexibility index (Phi) is 4.81. The molecule has 2 fully saturated rings. The SMILES string of the molecule is CNC(C)(CCN1CCOC2CCCCC21)C(=O)O. The molecule has 19 heavy (non-hydrogen) atoms. The molecule has 0 aromatic heterocycles. The number of morpholine rings is 1. The lowest BCUT2D eigenvalue weighted by Crippen LogP contribution is -2.55. The molecule has 1 heterocycles. The molecule has 0 aromatic carbocycles. The summed E-state index contributed by atoms with van der Waals surface area (Å²) in [6.45, 7) is 4.30. The van der Waals surface area contributed by atoms with E-state index in [1.807, 2.05) is 0 Å². The maximum Gasteiger partial charge on any atom is 0.323 e. The van der Waals surface area contributed by atoms with Crippen molar-refractivity contribution in [1.29, 1.82) is 0 Å².